The van der Waals surface area contributed by atoms with Crippen molar-refractivity contribution in [1.82, 2.24) is 4.98 Å². The van der Waals surface area contributed by atoms with E-state index in [1.165, 1.54) is 6.92 Å². The fourth-order valence-corrected chi connectivity index (χ4v) is 2.38. The van der Waals surface area contributed by atoms with Crippen molar-refractivity contribution in [3.8, 4) is 11.5 Å². The summed E-state index contributed by atoms with van der Waals surface area (Å²) in [5, 5.41) is 1.04. The van der Waals surface area contributed by atoms with E-state index < -0.39 is 0 Å². The van der Waals surface area contributed by atoms with E-state index in [0.717, 1.165) is 16.7 Å². The summed E-state index contributed by atoms with van der Waals surface area (Å²) in [5.74, 6) is 1.30. The zero-order chi connectivity index (χ0) is 16.1. The smallest absolute Gasteiger partial charge is 0.163 e. The maximum absolute atomic E-state index is 11.5. The van der Waals surface area contributed by atoms with E-state index in [1.54, 1.807) is 18.3 Å². The minimum atomic E-state index is -0.0141. The van der Waals surface area contributed by atoms with Gasteiger partial charge in [-0.15, -0.1) is 0 Å². The minimum absolute atomic E-state index is 0.0141. The van der Waals surface area contributed by atoms with Gasteiger partial charge in [0.25, 0.3) is 0 Å². The lowest BCUT2D eigenvalue weighted by atomic mass is 10.1. The lowest BCUT2D eigenvalue weighted by Gasteiger charge is -2.11. The Hall–Kier alpha value is -2.88. The Kier molecular flexibility index (Phi) is 4.52. The summed E-state index contributed by atoms with van der Waals surface area (Å²) in [5.41, 5.74) is 1.42. The van der Waals surface area contributed by atoms with Crippen molar-refractivity contribution in [3.05, 3.63) is 66.4 Å². The third kappa shape index (κ3) is 3.48. The summed E-state index contributed by atoms with van der Waals surface area (Å²) in [6, 6.07) is 16.9. The van der Waals surface area contributed by atoms with Crippen molar-refractivity contribution in [3.63, 3.8) is 0 Å². The third-order valence-corrected chi connectivity index (χ3v) is 3.46. The number of ether oxygens (including phenoxy) is 2. The van der Waals surface area contributed by atoms with Crippen LogP contribution in [-0.4, -0.2) is 24.0 Å². The molecule has 0 amide bonds. The Bertz CT molecular complexity index is 824. The predicted molar refractivity (Wildman–Crippen MR) is 89.2 cm³/mol. The van der Waals surface area contributed by atoms with Gasteiger partial charge < -0.3 is 9.47 Å². The van der Waals surface area contributed by atoms with E-state index in [0.29, 0.717) is 24.5 Å². The highest BCUT2D eigenvalue weighted by molar-refractivity contribution is 5.96. The lowest BCUT2D eigenvalue weighted by Crippen LogP contribution is -2.11. The highest BCUT2D eigenvalue weighted by Crippen LogP contribution is 2.23. The summed E-state index contributed by atoms with van der Waals surface area (Å²) in [4.78, 5) is 15.9. The molecule has 0 saturated heterocycles. The van der Waals surface area contributed by atoms with Crippen LogP contribution in [0.4, 0.5) is 0 Å². The molecule has 0 unspecified atom stereocenters. The van der Waals surface area contributed by atoms with E-state index >= 15 is 0 Å². The maximum atomic E-state index is 11.5. The van der Waals surface area contributed by atoms with Crippen LogP contribution in [0.2, 0.25) is 0 Å². The first-order valence-electron chi connectivity index (χ1n) is 7.45. The first-order chi connectivity index (χ1) is 11.3. The second-order valence-electron chi connectivity index (χ2n) is 5.08. The number of ketones is 1. The van der Waals surface area contributed by atoms with Crippen LogP contribution >= 0.6 is 0 Å². The van der Waals surface area contributed by atoms with Gasteiger partial charge in [0.1, 0.15) is 30.2 Å². The van der Waals surface area contributed by atoms with Gasteiger partial charge in [0.2, 0.25) is 0 Å². The average Bonchev–Trinajstić information content (AvgIpc) is 2.59. The Balaban J connectivity index is 1.63. The Labute approximate surface area is 134 Å². The molecule has 0 fully saturated rings. The van der Waals surface area contributed by atoms with Crippen molar-refractivity contribution in [2.75, 3.05) is 13.2 Å². The number of rotatable bonds is 6. The van der Waals surface area contributed by atoms with Crippen molar-refractivity contribution in [1.29, 1.82) is 0 Å². The van der Waals surface area contributed by atoms with Crippen molar-refractivity contribution in [2.45, 2.75) is 6.92 Å². The molecule has 4 nitrogen and oxygen atoms in total. The van der Waals surface area contributed by atoms with E-state index in [-0.39, 0.29) is 5.78 Å². The summed E-state index contributed by atoms with van der Waals surface area (Å²) in [7, 11) is 0. The Morgan fingerprint density at radius 1 is 0.913 bits per heavy atom. The molecular weight excluding hydrogens is 290 g/mol. The fourth-order valence-electron chi connectivity index (χ4n) is 2.38. The summed E-state index contributed by atoms with van der Waals surface area (Å²) >= 11 is 0. The SMILES string of the molecule is CC(=O)c1ccccc1OCCOc1cccc2cccnc12. The number of hydrogen-bond donors (Lipinski definition) is 0. The molecule has 23 heavy (non-hydrogen) atoms. The molecule has 0 bridgehead atoms. The van der Waals surface area contributed by atoms with Gasteiger partial charge in [0.05, 0.1) is 5.56 Å². The quantitative estimate of drug-likeness (QED) is 0.512. The van der Waals surface area contributed by atoms with Crippen molar-refractivity contribution in [2.24, 2.45) is 0 Å². The predicted octanol–water partition coefficient (Wildman–Crippen LogP) is 3.90. The monoisotopic (exact) mass is 307 g/mol. The van der Waals surface area contributed by atoms with Gasteiger partial charge in [0.15, 0.2) is 5.78 Å². The molecule has 4 heteroatoms. The van der Waals surface area contributed by atoms with Gasteiger partial charge in [-0.1, -0.05) is 30.3 Å². The van der Waals surface area contributed by atoms with Crippen LogP contribution in [0.1, 0.15) is 17.3 Å². The number of hydrogen-bond acceptors (Lipinski definition) is 4. The normalized spacial score (nSPS) is 10.5. The molecule has 0 aliphatic carbocycles. The number of nitrogens with zero attached hydrogens (tertiary/aromatic N) is 1. The standard InChI is InChI=1S/C19H17NO3/c1-14(21)16-8-2-3-9-17(16)22-12-13-23-18-10-4-6-15-7-5-11-20-19(15)18/h2-11H,12-13H2,1H3. The topological polar surface area (TPSA) is 48.4 Å². The summed E-state index contributed by atoms with van der Waals surface area (Å²) in [6.07, 6.45) is 1.74. The Morgan fingerprint density at radius 3 is 2.43 bits per heavy atom. The molecule has 1 aromatic heterocycles. The number of fused-ring (bicyclic) bond motifs is 1. The maximum Gasteiger partial charge on any atom is 0.163 e. The van der Waals surface area contributed by atoms with E-state index in [4.69, 9.17) is 9.47 Å². The lowest BCUT2D eigenvalue weighted by molar-refractivity contribution is 0.101. The van der Waals surface area contributed by atoms with Gasteiger partial charge in [-0.2, -0.15) is 0 Å². The zero-order valence-corrected chi connectivity index (χ0v) is 12.9. The first-order valence-corrected chi connectivity index (χ1v) is 7.45. The molecule has 0 atom stereocenters. The fraction of sp³-hybridized carbons (Fsp3) is 0.158. The van der Waals surface area contributed by atoms with Gasteiger partial charge in [-0.05, 0) is 31.2 Å². The highest BCUT2D eigenvalue weighted by Gasteiger charge is 2.07. The molecule has 1 heterocycles. The molecule has 3 aromatic rings. The van der Waals surface area contributed by atoms with Crippen molar-refractivity contribution >= 4 is 16.7 Å². The van der Waals surface area contributed by atoms with Crippen LogP contribution in [0.25, 0.3) is 10.9 Å². The molecule has 0 spiro atoms. The molecule has 0 aliphatic heterocycles. The number of benzene rings is 2. The van der Waals surface area contributed by atoms with E-state index in [2.05, 4.69) is 4.98 Å². The number of pyridine rings is 1. The molecule has 0 radical (unpaired) electrons. The second-order valence-corrected chi connectivity index (χ2v) is 5.08. The number of para-hydroxylation sites is 2. The number of carbonyl (C=O) groups is 1. The molecular formula is C19H17NO3. The van der Waals surface area contributed by atoms with Crippen LogP contribution in [0.5, 0.6) is 11.5 Å². The van der Waals surface area contributed by atoms with Gasteiger partial charge in [-0.3, -0.25) is 9.78 Å². The van der Waals surface area contributed by atoms with Crippen LogP contribution in [-0.2, 0) is 0 Å². The highest BCUT2D eigenvalue weighted by atomic mass is 16.5. The van der Waals surface area contributed by atoms with Crippen LogP contribution < -0.4 is 9.47 Å². The van der Waals surface area contributed by atoms with Gasteiger partial charge >= 0.3 is 0 Å². The van der Waals surface area contributed by atoms with E-state index in [1.807, 2.05) is 42.5 Å². The van der Waals surface area contributed by atoms with E-state index in [9.17, 15) is 4.79 Å². The number of aromatic nitrogens is 1. The third-order valence-electron chi connectivity index (χ3n) is 3.46. The Morgan fingerprint density at radius 2 is 1.61 bits per heavy atom. The number of carbonyl (C=O) groups excluding carboxylic acids is 1. The molecule has 0 saturated carbocycles. The summed E-state index contributed by atoms with van der Waals surface area (Å²) in [6.45, 7) is 2.26. The van der Waals surface area contributed by atoms with Gasteiger partial charge in [-0.25, -0.2) is 0 Å². The largest absolute Gasteiger partial charge is 0.489 e. The second kappa shape index (κ2) is 6.92. The van der Waals surface area contributed by atoms with Crippen molar-refractivity contribution < 1.29 is 14.3 Å². The number of Topliss-reactive ketones (excluding diaryl/α,β-unsaturated/α-hetero) is 1. The average molecular weight is 307 g/mol. The molecule has 0 N–H and O–H groups in total. The molecule has 2 aromatic carbocycles. The molecule has 116 valence electrons. The minimum Gasteiger partial charge on any atom is -0.489 e. The molecule has 3 rings (SSSR count). The van der Waals surface area contributed by atoms with Crippen LogP contribution in [0, 0.1) is 0 Å². The van der Waals surface area contributed by atoms with Crippen LogP contribution in [0.15, 0.2) is 60.8 Å². The zero-order valence-electron chi connectivity index (χ0n) is 12.9. The van der Waals surface area contributed by atoms with Gasteiger partial charge in [0, 0.05) is 11.6 Å². The van der Waals surface area contributed by atoms with Crippen LogP contribution in [0.3, 0.4) is 0 Å². The molecule has 0 aliphatic rings. The summed E-state index contributed by atoms with van der Waals surface area (Å²) < 4.78 is 11.4. The first kappa shape index (κ1) is 15.0.